The maximum atomic E-state index is 8.30. The summed E-state index contributed by atoms with van der Waals surface area (Å²) >= 11 is 0. The van der Waals surface area contributed by atoms with E-state index in [1.165, 1.54) is 5.56 Å². The highest BCUT2D eigenvalue weighted by Crippen LogP contribution is 2.01. The number of ether oxygens (including phenoxy) is 1. The van der Waals surface area contributed by atoms with Crippen LogP contribution < -0.4 is 5.32 Å². The fourth-order valence-electron chi connectivity index (χ4n) is 1.36. The summed E-state index contributed by atoms with van der Waals surface area (Å²) in [4.78, 5) is 0. The van der Waals surface area contributed by atoms with Gasteiger partial charge in [0.05, 0.1) is 19.2 Å². The molecule has 0 aliphatic carbocycles. The van der Waals surface area contributed by atoms with Crippen molar-refractivity contribution in [2.45, 2.75) is 19.4 Å². The van der Waals surface area contributed by atoms with E-state index in [4.69, 9.17) is 10.00 Å². The van der Waals surface area contributed by atoms with Crippen LogP contribution in [0.4, 0.5) is 0 Å². The zero-order chi connectivity index (χ0) is 11.5. The quantitative estimate of drug-likeness (QED) is 0.537. The molecule has 0 aliphatic heterocycles. The van der Waals surface area contributed by atoms with Crippen molar-refractivity contribution in [1.29, 1.82) is 5.26 Å². The Morgan fingerprint density at radius 3 is 2.75 bits per heavy atom. The number of hydrogen-bond donors (Lipinski definition) is 1. The van der Waals surface area contributed by atoms with E-state index >= 15 is 0 Å². The summed E-state index contributed by atoms with van der Waals surface area (Å²) in [5, 5.41) is 11.3. The number of unbranched alkanes of at least 4 members (excludes halogenated alkanes) is 1. The van der Waals surface area contributed by atoms with Crippen molar-refractivity contribution < 1.29 is 4.74 Å². The standard InChI is InChI=1S/C13H18N2O/c14-8-10-15-9-4-5-11-16-12-13-6-2-1-3-7-13/h1-3,6-7,15H,4-5,9-12H2. The van der Waals surface area contributed by atoms with Crippen LogP contribution in [0.15, 0.2) is 30.3 Å². The van der Waals surface area contributed by atoms with Crippen molar-refractivity contribution in [3.63, 3.8) is 0 Å². The van der Waals surface area contributed by atoms with Gasteiger partial charge >= 0.3 is 0 Å². The maximum absolute atomic E-state index is 8.30. The van der Waals surface area contributed by atoms with Gasteiger partial charge in [-0.1, -0.05) is 30.3 Å². The molecule has 0 saturated heterocycles. The van der Waals surface area contributed by atoms with E-state index in [9.17, 15) is 0 Å². The van der Waals surface area contributed by atoms with Crippen LogP contribution in [0.3, 0.4) is 0 Å². The Morgan fingerprint density at radius 2 is 2.00 bits per heavy atom. The molecule has 1 aromatic rings. The third-order valence-corrected chi connectivity index (χ3v) is 2.21. The molecule has 1 N–H and O–H groups in total. The molecule has 0 saturated carbocycles. The van der Waals surface area contributed by atoms with Crippen molar-refractivity contribution in [3.05, 3.63) is 35.9 Å². The second-order valence-electron chi connectivity index (χ2n) is 3.58. The van der Waals surface area contributed by atoms with Gasteiger partial charge in [0.15, 0.2) is 0 Å². The van der Waals surface area contributed by atoms with Crippen LogP contribution in [0, 0.1) is 11.3 Å². The Kier molecular flexibility index (Phi) is 7.06. The molecule has 0 atom stereocenters. The normalized spacial score (nSPS) is 9.94. The van der Waals surface area contributed by atoms with Crippen LogP contribution in [-0.4, -0.2) is 19.7 Å². The molecule has 0 radical (unpaired) electrons. The lowest BCUT2D eigenvalue weighted by atomic mass is 10.2. The molecule has 0 aromatic heterocycles. The summed E-state index contributed by atoms with van der Waals surface area (Å²) in [5.41, 5.74) is 1.21. The fourth-order valence-corrected chi connectivity index (χ4v) is 1.36. The van der Waals surface area contributed by atoms with Gasteiger partial charge in [-0.2, -0.15) is 5.26 Å². The van der Waals surface area contributed by atoms with Crippen LogP contribution in [0.1, 0.15) is 18.4 Å². The summed E-state index contributed by atoms with van der Waals surface area (Å²) in [6, 6.07) is 12.2. The number of rotatable bonds is 8. The topological polar surface area (TPSA) is 45.0 Å². The molecule has 0 aliphatic rings. The first kappa shape index (κ1) is 12.7. The summed E-state index contributed by atoms with van der Waals surface area (Å²) in [6.45, 7) is 2.79. The lowest BCUT2D eigenvalue weighted by Gasteiger charge is -2.04. The zero-order valence-electron chi connectivity index (χ0n) is 9.48. The van der Waals surface area contributed by atoms with E-state index < -0.39 is 0 Å². The van der Waals surface area contributed by atoms with Crippen molar-refractivity contribution in [3.8, 4) is 6.07 Å². The predicted molar refractivity (Wildman–Crippen MR) is 63.8 cm³/mol. The van der Waals surface area contributed by atoms with Crippen molar-refractivity contribution in [2.24, 2.45) is 0 Å². The average molecular weight is 218 g/mol. The van der Waals surface area contributed by atoms with Gasteiger partial charge in [-0.3, -0.25) is 0 Å². The number of benzene rings is 1. The van der Waals surface area contributed by atoms with Crippen LogP contribution in [-0.2, 0) is 11.3 Å². The molecule has 86 valence electrons. The first-order valence-corrected chi connectivity index (χ1v) is 5.63. The molecule has 16 heavy (non-hydrogen) atoms. The van der Waals surface area contributed by atoms with E-state index in [0.29, 0.717) is 13.2 Å². The Hall–Kier alpha value is -1.37. The smallest absolute Gasteiger partial charge is 0.0840 e. The predicted octanol–water partition coefficient (Wildman–Crippen LogP) is 2.10. The van der Waals surface area contributed by atoms with E-state index in [1.54, 1.807) is 0 Å². The zero-order valence-corrected chi connectivity index (χ0v) is 9.48. The van der Waals surface area contributed by atoms with Crippen LogP contribution in [0.25, 0.3) is 0 Å². The lowest BCUT2D eigenvalue weighted by Crippen LogP contribution is -2.15. The Bertz CT molecular complexity index is 305. The largest absolute Gasteiger partial charge is 0.377 e. The first-order chi connectivity index (χ1) is 7.93. The highest BCUT2D eigenvalue weighted by Gasteiger charge is 1.92. The fraction of sp³-hybridized carbons (Fsp3) is 0.462. The van der Waals surface area contributed by atoms with Gasteiger partial charge in [0.1, 0.15) is 0 Å². The molecule has 0 heterocycles. The van der Waals surface area contributed by atoms with Gasteiger partial charge in [-0.15, -0.1) is 0 Å². The molecule has 0 amide bonds. The number of hydrogen-bond acceptors (Lipinski definition) is 3. The van der Waals surface area contributed by atoms with Gasteiger partial charge in [0.25, 0.3) is 0 Å². The minimum absolute atomic E-state index is 0.435. The molecule has 0 spiro atoms. The number of nitrogens with one attached hydrogen (secondary N) is 1. The lowest BCUT2D eigenvalue weighted by molar-refractivity contribution is 0.117. The van der Waals surface area contributed by atoms with E-state index in [2.05, 4.69) is 17.4 Å². The molecule has 0 bridgehead atoms. The molecule has 1 aromatic carbocycles. The molecule has 0 unspecified atom stereocenters. The van der Waals surface area contributed by atoms with Gasteiger partial charge in [-0.25, -0.2) is 0 Å². The van der Waals surface area contributed by atoms with Crippen LogP contribution in [0.5, 0.6) is 0 Å². The first-order valence-electron chi connectivity index (χ1n) is 5.63. The number of nitriles is 1. The van der Waals surface area contributed by atoms with Gasteiger partial charge in [0, 0.05) is 6.61 Å². The van der Waals surface area contributed by atoms with Crippen molar-refractivity contribution in [1.82, 2.24) is 5.32 Å². The van der Waals surface area contributed by atoms with Crippen LogP contribution >= 0.6 is 0 Å². The van der Waals surface area contributed by atoms with Crippen LogP contribution in [0.2, 0.25) is 0 Å². The minimum atomic E-state index is 0.435. The van der Waals surface area contributed by atoms with Gasteiger partial charge < -0.3 is 10.1 Å². The van der Waals surface area contributed by atoms with E-state index in [0.717, 1.165) is 26.0 Å². The monoisotopic (exact) mass is 218 g/mol. The second-order valence-corrected chi connectivity index (χ2v) is 3.58. The third-order valence-electron chi connectivity index (χ3n) is 2.21. The molecule has 3 heteroatoms. The molecule has 0 fully saturated rings. The summed E-state index contributed by atoms with van der Waals surface area (Å²) in [6.07, 6.45) is 2.09. The Balaban J connectivity index is 1.91. The molecule has 3 nitrogen and oxygen atoms in total. The average Bonchev–Trinajstić information content (AvgIpc) is 2.34. The summed E-state index contributed by atoms with van der Waals surface area (Å²) in [7, 11) is 0. The van der Waals surface area contributed by atoms with E-state index in [-0.39, 0.29) is 0 Å². The van der Waals surface area contributed by atoms with Crippen molar-refractivity contribution >= 4 is 0 Å². The highest BCUT2D eigenvalue weighted by molar-refractivity contribution is 5.13. The Labute approximate surface area is 97.0 Å². The summed E-state index contributed by atoms with van der Waals surface area (Å²) < 4.78 is 5.53. The minimum Gasteiger partial charge on any atom is -0.377 e. The highest BCUT2D eigenvalue weighted by atomic mass is 16.5. The third kappa shape index (κ3) is 6.18. The van der Waals surface area contributed by atoms with Crippen molar-refractivity contribution in [2.75, 3.05) is 19.7 Å². The van der Waals surface area contributed by atoms with E-state index in [1.807, 2.05) is 24.3 Å². The Morgan fingerprint density at radius 1 is 1.19 bits per heavy atom. The molecular weight excluding hydrogens is 200 g/mol. The number of nitrogens with zero attached hydrogens (tertiary/aromatic N) is 1. The maximum Gasteiger partial charge on any atom is 0.0840 e. The SMILES string of the molecule is N#CCNCCCCOCc1ccccc1. The second kappa shape index (κ2) is 8.90. The summed E-state index contributed by atoms with van der Waals surface area (Å²) in [5.74, 6) is 0. The van der Waals surface area contributed by atoms with Gasteiger partial charge in [-0.05, 0) is 24.9 Å². The molecular formula is C13H18N2O. The molecule has 1 rings (SSSR count). The van der Waals surface area contributed by atoms with Gasteiger partial charge in [0.2, 0.25) is 0 Å².